The summed E-state index contributed by atoms with van der Waals surface area (Å²) in [7, 11) is 0. The Kier molecular flexibility index (Phi) is 6.74. The van der Waals surface area contributed by atoms with Crippen molar-refractivity contribution in [3.05, 3.63) is 63.9 Å². The van der Waals surface area contributed by atoms with Crippen LogP contribution in [-0.2, 0) is 12.3 Å². The van der Waals surface area contributed by atoms with Crippen LogP contribution in [0.3, 0.4) is 0 Å². The van der Waals surface area contributed by atoms with Crippen LogP contribution >= 0.6 is 27.7 Å². The molecule has 0 spiro atoms. The Bertz CT molecular complexity index is 589. The number of thioether (sulfide) groups is 1. The van der Waals surface area contributed by atoms with Crippen LogP contribution < -0.4 is 5.32 Å². The lowest BCUT2D eigenvalue weighted by Crippen LogP contribution is -2.13. The van der Waals surface area contributed by atoms with E-state index in [-0.39, 0.29) is 5.82 Å². The number of rotatable bonds is 7. The lowest BCUT2D eigenvalue weighted by atomic mass is 10.2. The van der Waals surface area contributed by atoms with Gasteiger partial charge >= 0.3 is 0 Å². The Morgan fingerprint density at radius 2 is 2.05 bits per heavy atom. The molecule has 0 saturated carbocycles. The first-order chi connectivity index (χ1) is 10.2. The number of nitrogens with one attached hydrogen (secondary N) is 1. The van der Waals surface area contributed by atoms with E-state index in [0.717, 1.165) is 35.3 Å². The van der Waals surface area contributed by atoms with Gasteiger partial charge in [0.25, 0.3) is 0 Å². The summed E-state index contributed by atoms with van der Waals surface area (Å²) >= 11 is 5.18. The van der Waals surface area contributed by atoms with E-state index in [1.54, 1.807) is 11.8 Å². The fourth-order valence-electron chi connectivity index (χ4n) is 1.95. The Hall–Kier alpha value is -0.840. The monoisotopic (exact) mass is 367 g/mol. The molecule has 21 heavy (non-hydrogen) atoms. The average molecular weight is 368 g/mol. The molecule has 0 unspecified atom stereocenters. The van der Waals surface area contributed by atoms with Gasteiger partial charge in [-0.15, -0.1) is 11.8 Å². The van der Waals surface area contributed by atoms with Crippen molar-refractivity contribution in [3.63, 3.8) is 0 Å². The molecule has 0 aromatic heterocycles. The van der Waals surface area contributed by atoms with Gasteiger partial charge in [0.2, 0.25) is 0 Å². The molecule has 0 aliphatic rings. The summed E-state index contributed by atoms with van der Waals surface area (Å²) < 4.78 is 13.9. The third-order valence-electron chi connectivity index (χ3n) is 3.06. The highest BCUT2D eigenvalue weighted by molar-refractivity contribution is 9.10. The molecular formula is C17H19BrFNS. The SMILES string of the molecule is CCCNCc1cccc(SCc2ccc(F)cc2Br)c1. The lowest BCUT2D eigenvalue weighted by molar-refractivity contribution is 0.626. The summed E-state index contributed by atoms with van der Waals surface area (Å²) in [5.74, 6) is 0.617. The smallest absolute Gasteiger partial charge is 0.124 e. The first-order valence-electron chi connectivity index (χ1n) is 7.05. The molecule has 0 fully saturated rings. The molecule has 0 saturated heterocycles. The minimum atomic E-state index is -0.209. The van der Waals surface area contributed by atoms with Gasteiger partial charge in [0.15, 0.2) is 0 Å². The van der Waals surface area contributed by atoms with Crippen molar-refractivity contribution in [2.24, 2.45) is 0 Å². The maximum Gasteiger partial charge on any atom is 0.124 e. The second-order valence-electron chi connectivity index (χ2n) is 4.85. The summed E-state index contributed by atoms with van der Waals surface area (Å²) in [5.41, 5.74) is 2.41. The second kappa shape index (κ2) is 8.57. The first-order valence-corrected chi connectivity index (χ1v) is 8.83. The van der Waals surface area contributed by atoms with Crippen LogP contribution in [0, 0.1) is 5.82 Å². The van der Waals surface area contributed by atoms with E-state index in [4.69, 9.17) is 0 Å². The molecule has 112 valence electrons. The molecule has 2 aromatic carbocycles. The number of hydrogen-bond acceptors (Lipinski definition) is 2. The molecule has 0 aliphatic heterocycles. The topological polar surface area (TPSA) is 12.0 Å². The van der Waals surface area contributed by atoms with Crippen molar-refractivity contribution in [1.82, 2.24) is 5.32 Å². The molecule has 1 N–H and O–H groups in total. The third kappa shape index (κ3) is 5.46. The highest BCUT2D eigenvalue weighted by atomic mass is 79.9. The van der Waals surface area contributed by atoms with Gasteiger partial charge in [-0.3, -0.25) is 0 Å². The van der Waals surface area contributed by atoms with Gasteiger partial charge in [-0.05, 0) is 48.4 Å². The van der Waals surface area contributed by atoms with Crippen molar-refractivity contribution in [1.29, 1.82) is 0 Å². The van der Waals surface area contributed by atoms with Gasteiger partial charge in [-0.2, -0.15) is 0 Å². The van der Waals surface area contributed by atoms with Crippen LogP contribution in [0.1, 0.15) is 24.5 Å². The molecule has 0 aliphatic carbocycles. The Balaban J connectivity index is 1.95. The molecule has 4 heteroatoms. The average Bonchev–Trinajstić information content (AvgIpc) is 2.47. The Morgan fingerprint density at radius 3 is 2.81 bits per heavy atom. The normalized spacial score (nSPS) is 10.8. The largest absolute Gasteiger partial charge is 0.313 e. The molecular weight excluding hydrogens is 349 g/mol. The predicted octanol–water partition coefficient (Wildman–Crippen LogP) is 5.38. The van der Waals surface area contributed by atoms with Crippen LogP contribution in [-0.4, -0.2) is 6.54 Å². The standard InChI is InChI=1S/C17H19BrFNS/c1-2-8-20-11-13-4-3-5-16(9-13)21-12-14-6-7-15(19)10-17(14)18/h3-7,9-10,20H,2,8,11-12H2,1H3. The van der Waals surface area contributed by atoms with Crippen LogP contribution in [0.4, 0.5) is 4.39 Å². The fraction of sp³-hybridized carbons (Fsp3) is 0.294. The van der Waals surface area contributed by atoms with E-state index in [1.165, 1.54) is 22.6 Å². The molecule has 0 heterocycles. The fourth-order valence-corrected chi connectivity index (χ4v) is 3.61. The van der Waals surface area contributed by atoms with Gasteiger partial charge in [-0.1, -0.05) is 41.1 Å². The van der Waals surface area contributed by atoms with E-state index in [2.05, 4.69) is 52.4 Å². The van der Waals surface area contributed by atoms with Gasteiger partial charge in [0.1, 0.15) is 5.82 Å². The van der Waals surface area contributed by atoms with E-state index >= 15 is 0 Å². The van der Waals surface area contributed by atoms with Crippen molar-refractivity contribution in [3.8, 4) is 0 Å². The van der Waals surface area contributed by atoms with Crippen molar-refractivity contribution >= 4 is 27.7 Å². The number of hydrogen-bond donors (Lipinski definition) is 1. The molecule has 0 atom stereocenters. The van der Waals surface area contributed by atoms with E-state index in [1.807, 2.05) is 6.07 Å². The predicted molar refractivity (Wildman–Crippen MR) is 92.1 cm³/mol. The Labute approximate surface area is 138 Å². The van der Waals surface area contributed by atoms with E-state index in [9.17, 15) is 4.39 Å². The van der Waals surface area contributed by atoms with E-state index in [0.29, 0.717) is 0 Å². The lowest BCUT2D eigenvalue weighted by Gasteiger charge is -2.07. The van der Waals surface area contributed by atoms with Crippen LogP contribution in [0.5, 0.6) is 0 Å². The van der Waals surface area contributed by atoms with Gasteiger partial charge < -0.3 is 5.32 Å². The van der Waals surface area contributed by atoms with Crippen molar-refractivity contribution in [2.75, 3.05) is 6.54 Å². The zero-order valence-electron chi connectivity index (χ0n) is 12.0. The maximum atomic E-state index is 13.1. The highest BCUT2D eigenvalue weighted by Gasteiger charge is 2.03. The molecule has 2 rings (SSSR count). The summed E-state index contributed by atoms with van der Waals surface area (Å²) in [6.07, 6.45) is 1.15. The molecule has 0 bridgehead atoms. The number of halogens is 2. The quantitative estimate of drug-likeness (QED) is 0.520. The zero-order valence-corrected chi connectivity index (χ0v) is 14.4. The molecule has 2 aromatic rings. The van der Waals surface area contributed by atoms with E-state index < -0.39 is 0 Å². The third-order valence-corrected chi connectivity index (χ3v) is 4.84. The maximum absolute atomic E-state index is 13.1. The van der Waals surface area contributed by atoms with Gasteiger partial charge in [-0.25, -0.2) is 4.39 Å². The van der Waals surface area contributed by atoms with Crippen LogP contribution in [0.2, 0.25) is 0 Å². The Morgan fingerprint density at radius 1 is 1.19 bits per heavy atom. The van der Waals surface area contributed by atoms with Crippen LogP contribution in [0.15, 0.2) is 51.8 Å². The van der Waals surface area contributed by atoms with Crippen molar-refractivity contribution in [2.45, 2.75) is 30.5 Å². The summed E-state index contributed by atoms with van der Waals surface area (Å²) in [6, 6.07) is 13.4. The van der Waals surface area contributed by atoms with Crippen LogP contribution in [0.25, 0.3) is 0 Å². The first kappa shape index (κ1) is 16.5. The minimum Gasteiger partial charge on any atom is -0.313 e. The minimum absolute atomic E-state index is 0.209. The summed E-state index contributed by atoms with van der Waals surface area (Å²) in [4.78, 5) is 1.24. The summed E-state index contributed by atoms with van der Waals surface area (Å²) in [5, 5.41) is 3.41. The van der Waals surface area contributed by atoms with Crippen molar-refractivity contribution < 1.29 is 4.39 Å². The molecule has 1 nitrogen and oxygen atoms in total. The zero-order chi connectivity index (χ0) is 15.1. The molecule has 0 amide bonds. The number of benzene rings is 2. The molecule has 0 radical (unpaired) electrons. The van der Waals surface area contributed by atoms with Gasteiger partial charge in [0, 0.05) is 21.7 Å². The summed E-state index contributed by atoms with van der Waals surface area (Å²) in [6.45, 7) is 4.11. The van der Waals surface area contributed by atoms with Gasteiger partial charge in [0.05, 0.1) is 0 Å². The highest BCUT2D eigenvalue weighted by Crippen LogP contribution is 2.28. The second-order valence-corrected chi connectivity index (χ2v) is 6.75.